The molecule has 1 atom stereocenters. The minimum Gasteiger partial charge on any atom is -0.381 e. The van der Waals surface area contributed by atoms with Crippen molar-refractivity contribution in [2.24, 2.45) is 0 Å². The summed E-state index contributed by atoms with van der Waals surface area (Å²) in [5.41, 5.74) is 8.57. The molecule has 5 rings (SSSR count). The lowest BCUT2D eigenvalue weighted by molar-refractivity contribution is -0.124. The molecule has 3 aromatic carbocycles. The van der Waals surface area contributed by atoms with Gasteiger partial charge in [0.15, 0.2) is 0 Å². The van der Waals surface area contributed by atoms with Crippen LogP contribution in [0.3, 0.4) is 0 Å². The second kappa shape index (κ2) is 11.4. The van der Waals surface area contributed by atoms with E-state index in [0.717, 1.165) is 44.9 Å². The van der Waals surface area contributed by atoms with Crippen LogP contribution in [0.2, 0.25) is 0 Å². The van der Waals surface area contributed by atoms with Gasteiger partial charge in [0, 0.05) is 30.0 Å². The predicted molar refractivity (Wildman–Crippen MR) is 151 cm³/mol. The van der Waals surface area contributed by atoms with Crippen LogP contribution in [0.15, 0.2) is 97.3 Å². The second-order valence-electron chi connectivity index (χ2n) is 8.93. The van der Waals surface area contributed by atoms with Crippen LogP contribution in [0.4, 0.5) is 11.5 Å². The van der Waals surface area contributed by atoms with Crippen molar-refractivity contribution in [1.29, 1.82) is 0 Å². The van der Waals surface area contributed by atoms with Gasteiger partial charge in [0.1, 0.15) is 17.8 Å². The molecule has 0 aliphatic heterocycles. The van der Waals surface area contributed by atoms with E-state index in [1.807, 2.05) is 54.6 Å². The third kappa shape index (κ3) is 5.88. The molecule has 5 N–H and O–H groups in total. The fraction of sp³-hybridized carbons (Fsp3) is 0.100. The standard InChI is InChI=1S/C30H28N6O2/c1-20(23-5-3-2-4-6-23)34-29-26-17-27(35-30(26)33-19-32-29)24-12-14-25(15-13-24)31-18-22-9-7-21(8-10-22)11-16-28(37)36-38/h2-17,19-20,31,38H,18H2,1H3,(H,36,37)(H2,32,33,34,35)/t20-/m1/s1. The van der Waals surface area contributed by atoms with Gasteiger partial charge in [0.05, 0.1) is 5.39 Å². The molecule has 5 aromatic rings. The Balaban J connectivity index is 1.24. The molecule has 0 saturated heterocycles. The number of anilines is 2. The number of amides is 1. The van der Waals surface area contributed by atoms with Crippen molar-refractivity contribution in [2.75, 3.05) is 10.6 Å². The van der Waals surface area contributed by atoms with Crippen LogP contribution in [-0.2, 0) is 11.3 Å². The van der Waals surface area contributed by atoms with E-state index in [0.29, 0.717) is 6.54 Å². The van der Waals surface area contributed by atoms with Crippen molar-refractivity contribution in [1.82, 2.24) is 20.4 Å². The van der Waals surface area contributed by atoms with Crippen LogP contribution >= 0.6 is 0 Å². The lowest BCUT2D eigenvalue weighted by Gasteiger charge is -2.15. The molecule has 1 amide bonds. The Labute approximate surface area is 220 Å². The Morgan fingerprint density at radius 2 is 1.76 bits per heavy atom. The maximum absolute atomic E-state index is 11.1. The minimum atomic E-state index is -0.561. The highest BCUT2D eigenvalue weighted by Crippen LogP contribution is 2.29. The average molecular weight is 505 g/mol. The Morgan fingerprint density at radius 3 is 2.50 bits per heavy atom. The number of carbonyl (C=O) groups excluding carboxylic acids is 1. The van der Waals surface area contributed by atoms with E-state index in [-0.39, 0.29) is 6.04 Å². The van der Waals surface area contributed by atoms with E-state index in [9.17, 15) is 4.79 Å². The number of nitrogens with one attached hydrogen (secondary N) is 4. The highest BCUT2D eigenvalue weighted by Gasteiger charge is 2.12. The zero-order valence-corrected chi connectivity index (χ0v) is 20.8. The monoisotopic (exact) mass is 504 g/mol. The molecular formula is C30H28N6O2. The number of rotatable bonds is 9. The SMILES string of the molecule is C[C@@H](Nc1ncnc2[nH]c(-c3ccc(NCc4ccc(C=CC(=O)NO)cc4)cc3)cc12)c1ccccc1. The minimum absolute atomic E-state index is 0.110. The van der Waals surface area contributed by atoms with Gasteiger partial charge in [-0.1, -0.05) is 66.7 Å². The molecule has 8 heteroatoms. The van der Waals surface area contributed by atoms with Gasteiger partial charge in [-0.15, -0.1) is 0 Å². The van der Waals surface area contributed by atoms with Gasteiger partial charge in [0.25, 0.3) is 5.91 Å². The van der Waals surface area contributed by atoms with Crippen molar-refractivity contribution in [2.45, 2.75) is 19.5 Å². The number of hydroxylamine groups is 1. The number of hydrogen-bond acceptors (Lipinski definition) is 6. The van der Waals surface area contributed by atoms with Crippen LogP contribution in [0.25, 0.3) is 28.4 Å². The quantitative estimate of drug-likeness (QED) is 0.0966. The zero-order valence-electron chi connectivity index (χ0n) is 20.8. The van der Waals surface area contributed by atoms with Crippen LogP contribution < -0.4 is 16.1 Å². The highest BCUT2D eigenvalue weighted by atomic mass is 16.5. The van der Waals surface area contributed by atoms with Crippen molar-refractivity contribution >= 4 is 34.5 Å². The number of carbonyl (C=O) groups is 1. The highest BCUT2D eigenvalue weighted by molar-refractivity contribution is 5.92. The summed E-state index contributed by atoms with van der Waals surface area (Å²) in [6, 6.07) is 28.5. The van der Waals surface area contributed by atoms with Gasteiger partial charge in [0.2, 0.25) is 0 Å². The Morgan fingerprint density at radius 1 is 1.00 bits per heavy atom. The summed E-state index contributed by atoms with van der Waals surface area (Å²) in [5.74, 6) is 0.236. The molecule has 0 fully saturated rings. The maximum Gasteiger partial charge on any atom is 0.267 e. The number of H-pyrrole nitrogens is 1. The molecule has 0 unspecified atom stereocenters. The number of aromatic amines is 1. The number of hydrogen-bond donors (Lipinski definition) is 5. The molecule has 190 valence electrons. The lowest BCUT2D eigenvalue weighted by Crippen LogP contribution is -2.14. The molecule has 2 aromatic heterocycles. The lowest BCUT2D eigenvalue weighted by atomic mass is 10.1. The molecule has 0 aliphatic carbocycles. The molecule has 0 bridgehead atoms. The van der Waals surface area contributed by atoms with E-state index in [1.54, 1.807) is 17.9 Å². The average Bonchev–Trinajstić information content (AvgIpc) is 3.41. The first-order valence-corrected chi connectivity index (χ1v) is 12.3. The predicted octanol–water partition coefficient (Wildman–Crippen LogP) is 5.93. The smallest absolute Gasteiger partial charge is 0.267 e. The first-order valence-electron chi connectivity index (χ1n) is 12.3. The van der Waals surface area contributed by atoms with E-state index < -0.39 is 5.91 Å². The van der Waals surface area contributed by atoms with Gasteiger partial charge < -0.3 is 15.6 Å². The summed E-state index contributed by atoms with van der Waals surface area (Å²) >= 11 is 0. The molecular weight excluding hydrogens is 476 g/mol. The van der Waals surface area contributed by atoms with Crippen molar-refractivity contribution < 1.29 is 10.0 Å². The summed E-state index contributed by atoms with van der Waals surface area (Å²) in [7, 11) is 0. The third-order valence-corrected chi connectivity index (χ3v) is 6.29. The molecule has 0 saturated carbocycles. The van der Waals surface area contributed by atoms with Crippen LogP contribution in [0, 0.1) is 0 Å². The van der Waals surface area contributed by atoms with Gasteiger partial charge in [-0.2, -0.15) is 0 Å². The molecule has 8 nitrogen and oxygen atoms in total. The van der Waals surface area contributed by atoms with E-state index in [4.69, 9.17) is 5.21 Å². The van der Waals surface area contributed by atoms with Crippen molar-refractivity contribution in [3.8, 4) is 11.3 Å². The summed E-state index contributed by atoms with van der Waals surface area (Å²) in [4.78, 5) is 23.4. The molecule has 0 spiro atoms. The van der Waals surface area contributed by atoms with Crippen LogP contribution in [0.5, 0.6) is 0 Å². The Hall–Kier alpha value is -4.95. The van der Waals surface area contributed by atoms with Crippen LogP contribution in [0.1, 0.15) is 29.7 Å². The van der Waals surface area contributed by atoms with Crippen molar-refractivity contribution in [3.63, 3.8) is 0 Å². The summed E-state index contributed by atoms with van der Waals surface area (Å²) in [6.07, 6.45) is 4.49. The van der Waals surface area contributed by atoms with Gasteiger partial charge in [-0.05, 0) is 53.5 Å². The van der Waals surface area contributed by atoms with Crippen molar-refractivity contribution in [3.05, 3.63) is 114 Å². The zero-order chi connectivity index (χ0) is 26.3. The Bertz CT molecular complexity index is 1540. The normalized spacial score (nSPS) is 11.9. The number of benzene rings is 3. The maximum atomic E-state index is 11.1. The number of fused-ring (bicyclic) bond motifs is 1. The number of nitrogens with zero attached hydrogens (tertiary/aromatic N) is 2. The molecule has 0 radical (unpaired) electrons. The Kier molecular flexibility index (Phi) is 7.42. The van der Waals surface area contributed by atoms with E-state index in [1.165, 1.54) is 11.6 Å². The van der Waals surface area contributed by atoms with E-state index >= 15 is 0 Å². The fourth-order valence-electron chi connectivity index (χ4n) is 4.17. The fourth-order valence-corrected chi connectivity index (χ4v) is 4.17. The van der Waals surface area contributed by atoms with E-state index in [2.05, 4.69) is 62.8 Å². The summed E-state index contributed by atoms with van der Waals surface area (Å²) < 4.78 is 0. The topological polar surface area (TPSA) is 115 Å². The molecule has 0 aliphatic rings. The first kappa shape index (κ1) is 24.7. The van der Waals surface area contributed by atoms with Gasteiger partial charge in [-0.3, -0.25) is 10.0 Å². The summed E-state index contributed by atoms with van der Waals surface area (Å²) in [6.45, 7) is 2.78. The first-order chi connectivity index (χ1) is 18.6. The van der Waals surface area contributed by atoms with Gasteiger partial charge in [-0.25, -0.2) is 15.4 Å². The molecule has 38 heavy (non-hydrogen) atoms. The molecule has 2 heterocycles. The second-order valence-corrected chi connectivity index (χ2v) is 8.93. The number of aromatic nitrogens is 3. The van der Waals surface area contributed by atoms with Crippen LogP contribution in [-0.4, -0.2) is 26.1 Å². The van der Waals surface area contributed by atoms with Gasteiger partial charge >= 0.3 is 0 Å². The summed E-state index contributed by atoms with van der Waals surface area (Å²) in [5, 5.41) is 16.5. The third-order valence-electron chi connectivity index (χ3n) is 6.29. The largest absolute Gasteiger partial charge is 0.381 e.